The minimum atomic E-state index is -1.13. The molecule has 0 heterocycles. The van der Waals surface area contributed by atoms with Gasteiger partial charge in [-0.1, -0.05) is 12.1 Å². The standard InChI is InChI=1S/C18H22O8/c1-5-23-15(19)11(3)25-17(21)13-9-7-8-10-14(13)18(22)26-12(4)16(20)24-6-2/h7-12H,5-6H2,1-4H3. The summed E-state index contributed by atoms with van der Waals surface area (Å²) >= 11 is 0. The summed E-state index contributed by atoms with van der Waals surface area (Å²) in [5, 5.41) is 0. The van der Waals surface area contributed by atoms with Gasteiger partial charge < -0.3 is 18.9 Å². The monoisotopic (exact) mass is 366 g/mol. The molecule has 1 aromatic carbocycles. The number of carbonyl (C=O) groups excluding carboxylic acids is 4. The van der Waals surface area contributed by atoms with E-state index in [9.17, 15) is 19.2 Å². The molecule has 142 valence electrons. The lowest BCUT2D eigenvalue weighted by Gasteiger charge is -2.15. The van der Waals surface area contributed by atoms with Gasteiger partial charge in [-0.3, -0.25) is 0 Å². The number of rotatable bonds is 8. The molecule has 0 saturated carbocycles. The third kappa shape index (κ3) is 5.87. The van der Waals surface area contributed by atoms with Crippen LogP contribution in [0.15, 0.2) is 24.3 Å². The molecule has 0 bridgehead atoms. The molecule has 0 aromatic heterocycles. The van der Waals surface area contributed by atoms with Gasteiger partial charge in [-0.2, -0.15) is 0 Å². The fraction of sp³-hybridized carbons (Fsp3) is 0.444. The van der Waals surface area contributed by atoms with Gasteiger partial charge >= 0.3 is 23.9 Å². The molecular weight excluding hydrogens is 344 g/mol. The molecule has 2 unspecified atom stereocenters. The second-order valence-electron chi connectivity index (χ2n) is 5.14. The Morgan fingerprint density at radius 1 is 0.769 bits per heavy atom. The highest BCUT2D eigenvalue weighted by atomic mass is 16.6. The van der Waals surface area contributed by atoms with E-state index in [1.165, 1.54) is 38.1 Å². The first-order chi connectivity index (χ1) is 12.3. The molecule has 0 aliphatic carbocycles. The molecule has 1 aromatic rings. The molecule has 0 amide bonds. The second kappa shape index (κ2) is 10.2. The van der Waals surface area contributed by atoms with Gasteiger partial charge in [0, 0.05) is 0 Å². The van der Waals surface area contributed by atoms with E-state index in [4.69, 9.17) is 18.9 Å². The van der Waals surface area contributed by atoms with E-state index in [1.807, 2.05) is 0 Å². The van der Waals surface area contributed by atoms with Gasteiger partial charge in [0.05, 0.1) is 24.3 Å². The van der Waals surface area contributed by atoms with Gasteiger partial charge in [0.2, 0.25) is 0 Å². The minimum absolute atomic E-state index is 0.0929. The van der Waals surface area contributed by atoms with Crippen LogP contribution in [0.25, 0.3) is 0 Å². The molecule has 8 nitrogen and oxygen atoms in total. The first kappa shape index (κ1) is 21.1. The van der Waals surface area contributed by atoms with E-state index in [0.29, 0.717) is 0 Å². The lowest BCUT2D eigenvalue weighted by molar-refractivity contribution is -0.153. The maximum Gasteiger partial charge on any atom is 0.347 e. The van der Waals surface area contributed by atoms with Gasteiger partial charge in [0.25, 0.3) is 0 Å². The summed E-state index contributed by atoms with van der Waals surface area (Å²) in [5.74, 6) is -3.17. The Balaban J connectivity index is 2.89. The average Bonchev–Trinajstić information content (AvgIpc) is 2.61. The first-order valence-electron chi connectivity index (χ1n) is 8.16. The third-order valence-corrected chi connectivity index (χ3v) is 3.17. The van der Waals surface area contributed by atoms with Crippen molar-refractivity contribution in [2.24, 2.45) is 0 Å². The topological polar surface area (TPSA) is 105 Å². The predicted molar refractivity (Wildman–Crippen MR) is 89.5 cm³/mol. The molecule has 0 aliphatic heterocycles. The van der Waals surface area contributed by atoms with E-state index in [1.54, 1.807) is 13.8 Å². The van der Waals surface area contributed by atoms with Gasteiger partial charge in [0.1, 0.15) is 0 Å². The summed E-state index contributed by atoms with van der Waals surface area (Å²) in [6.45, 7) is 6.27. The lowest BCUT2D eigenvalue weighted by Crippen LogP contribution is -2.29. The van der Waals surface area contributed by atoms with Crippen molar-refractivity contribution in [3.05, 3.63) is 35.4 Å². The van der Waals surface area contributed by atoms with E-state index in [0.717, 1.165) is 0 Å². The molecule has 0 radical (unpaired) electrons. The summed E-state index contributed by atoms with van der Waals surface area (Å²) in [6.07, 6.45) is -2.27. The fourth-order valence-corrected chi connectivity index (χ4v) is 1.90. The van der Waals surface area contributed by atoms with Crippen LogP contribution < -0.4 is 0 Å². The summed E-state index contributed by atoms with van der Waals surface area (Å²) in [5.41, 5.74) is -0.186. The maximum absolute atomic E-state index is 12.3. The van der Waals surface area contributed by atoms with Gasteiger partial charge in [0.15, 0.2) is 12.2 Å². The summed E-state index contributed by atoms with van der Waals surface area (Å²) in [7, 11) is 0. The van der Waals surface area contributed by atoms with Crippen LogP contribution in [0, 0.1) is 0 Å². The van der Waals surface area contributed by atoms with Crippen molar-refractivity contribution in [2.45, 2.75) is 39.9 Å². The Labute approximate surface area is 151 Å². The van der Waals surface area contributed by atoms with Crippen LogP contribution in [0.4, 0.5) is 0 Å². The van der Waals surface area contributed by atoms with Gasteiger partial charge in [-0.05, 0) is 39.8 Å². The Bertz CT molecular complexity index is 610. The normalized spacial score (nSPS) is 12.5. The van der Waals surface area contributed by atoms with Gasteiger partial charge in [-0.25, -0.2) is 19.2 Å². The lowest BCUT2D eigenvalue weighted by atomic mass is 10.1. The van der Waals surface area contributed by atoms with Crippen LogP contribution in [-0.4, -0.2) is 49.3 Å². The number of ether oxygens (including phenoxy) is 4. The zero-order valence-electron chi connectivity index (χ0n) is 15.1. The van der Waals surface area contributed by atoms with Crippen LogP contribution in [-0.2, 0) is 28.5 Å². The molecule has 2 atom stereocenters. The average molecular weight is 366 g/mol. The Morgan fingerprint density at radius 3 is 1.42 bits per heavy atom. The minimum Gasteiger partial charge on any atom is -0.463 e. The molecule has 0 fully saturated rings. The van der Waals surface area contributed by atoms with E-state index < -0.39 is 36.1 Å². The highest BCUT2D eigenvalue weighted by Crippen LogP contribution is 2.14. The zero-order chi connectivity index (χ0) is 19.7. The van der Waals surface area contributed by atoms with Crippen LogP contribution in [0.3, 0.4) is 0 Å². The van der Waals surface area contributed by atoms with Crippen molar-refractivity contribution in [3.63, 3.8) is 0 Å². The second-order valence-corrected chi connectivity index (χ2v) is 5.14. The van der Waals surface area contributed by atoms with E-state index >= 15 is 0 Å². The van der Waals surface area contributed by atoms with Crippen molar-refractivity contribution in [3.8, 4) is 0 Å². The Kier molecular flexibility index (Phi) is 8.27. The van der Waals surface area contributed by atoms with Crippen LogP contribution >= 0.6 is 0 Å². The SMILES string of the molecule is CCOC(=O)C(C)OC(=O)c1ccccc1C(=O)OC(C)C(=O)OCC. The summed E-state index contributed by atoms with van der Waals surface area (Å²) in [6, 6.07) is 5.76. The number of hydrogen-bond donors (Lipinski definition) is 0. The fourth-order valence-electron chi connectivity index (χ4n) is 1.90. The molecule has 0 spiro atoms. The molecular formula is C18H22O8. The van der Waals surface area contributed by atoms with Crippen molar-refractivity contribution in [1.82, 2.24) is 0 Å². The third-order valence-electron chi connectivity index (χ3n) is 3.17. The van der Waals surface area contributed by atoms with Crippen molar-refractivity contribution in [2.75, 3.05) is 13.2 Å². The number of carbonyl (C=O) groups is 4. The van der Waals surface area contributed by atoms with E-state index in [-0.39, 0.29) is 24.3 Å². The molecule has 0 N–H and O–H groups in total. The van der Waals surface area contributed by atoms with Gasteiger partial charge in [-0.15, -0.1) is 0 Å². The molecule has 1 rings (SSSR count). The zero-order valence-corrected chi connectivity index (χ0v) is 15.1. The van der Waals surface area contributed by atoms with Crippen molar-refractivity contribution >= 4 is 23.9 Å². The molecule has 8 heteroatoms. The van der Waals surface area contributed by atoms with Crippen LogP contribution in [0.2, 0.25) is 0 Å². The highest BCUT2D eigenvalue weighted by molar-refractivity contribution is 6.04. The quantitative estimate of drug-likeness (QED) is 0.507. The maximum atomic E-state index is 12.3. The molecule has 0 saturated heterocycles. The van der Waals surface area contributed by atoms with E-state index in [2.05, 4.69) is 0 Å². The highest BCUT2D eigenvalue weighted by Gasteiger charge is 2.26. The number of esters is 4. The summed E-state index contributed by atoms with van der Waals surface area (Å²) in [4.78, 5) is 47.7. The first-order valence-corrected chi connectivity index (χ1v) is 8.16. The van der Waals surface area contributed by atoms with Crippen LogP contribution in [0.1, 0.15) is 48.4 Å². The largest absolute Gasteiger partial charge is 0.463 e. The van der Waals surface area contributed by atoms with Crippen molar-refractivity contribution < 1.29 is 38.1 Å². The number of benzene rings is 1. The number of hydrogen-bond acceptors (Lipinski definition) is 8. The Morgan fingerprint density at radius 2 is 1.12 bits per heavy atom. The molecule has 26 heavy (non-hydrogen) atoms. The smallest absolute Gasteiger partial charge is 0.347 e. The van der Waals surface area contributed by atoms with Crippen molar-refractivity contribution in [1.29, 1.82) is 0 Å². The Hall–Kier alpha value is -2.90. The predicted octanol–water partition coefficient (Wildman–Crippen LogP) is 1.90. The van der Waals surface area contributed by atoms with Crippen LogP contribution in [0.5, 0.6) is 0 Å². The summed E-state index contributed by atoms with van der Waals surface area (Å²) < 4.78 is 19.6. The molecule has 0 aliphatic rings.